The van der Waals surface area contributed by atoms with Crippen LogP contribution in [0.15, 0.2) is 42.6 Å². The van der Waals surface area contributed by atoms with Gasteiger partial charge >= 0.3 is 0 Å². The summed E-state index contributed by atoms with van der Waals surface area (Å²) in [6.07, 6.45) is 3.67. The van der Waals surface area contributed by atoms with Gasteiger partial charge in [-0.2, -0.15) is 0 Å². The Morgan fingerprint density at radius 3 is 2.67 bits per heavy atom. The zero-order valence-electron chi connectivity index (χ0n) is 16.9. The number of benzene rings is 1. The van der Waals surface area contributed by atoms with E-state index < -0.39 is 0 Å². The fraction of sp³-hybridized carbons (Fsp3) is 0.286. The second-order valence-corrected chi connectivity index (χ2v) is 6.87. The largest absolute Gasteiger partial charge is 0.291 e. The molecule has 4 aromatic rings. The van der Waals surface area contributed by atoms with Crippen LogP contribution in [0.4, 0.5) is 0 Å². The molecule has 30 heavy (non-hydrogen) atoms. The van der Waals surface area contributed by atoms with E-state index >= 15 is 0 Å². The van der Waals surface area contributed by atoms with Gasteiger partial charge in [-0.15, -0.1) is 10.2 Å². The lowest BCUT2D eigenvalue weighted by Crippen LogP contribution is -2.06. The van der Waals surface area contributed by atoms with Crippen molar-refractivity contribution in [2.75, 3.05) is 0 Å². The minimum absolute atomic E-state index is 0.0361. The van der Waals surface area contributed by atoms with E-state index in [1.807, 2.05) is 48.0 Å². The fourth-order valence-corrected chi connectivity index (χ4v) is 3.23. The maximum Gasteiger partial charge on any atom is 0.217 e. The van der Waals surface area contributed by atoms with Crippen LogP contribution in [0.25, 0.3) is 22.6 Å². The molecule has 0 bridgehead atoms. The lowest BCUT2D eigenvalue weighted by atomic mass is 10.0. The number of aryl methyl sites for hydroxylation is 1. The summed E-state index contributed by atoms with van der Waals surface area (Å²) >= 11 is 0. The van der Waals surface area contributed by atoms with Crippen LogP contribution >= 0.6 is 0 Å². The number of pyridine rings is 1. The van der Waals surface area contributed by atoms with Crippen molar-refractivity contribution in [1.29, 1.82) is 0 Å². The van der Waals surface area contributed by atoms with E-state index in [2.05, 4.69) is 42.6 Å². The lowest BCUT2D eigenvalue weighted by Gasteiger charge is -2.08. The Hall–Kier alpha value is -3.75. The average molecular weight is 402 g/mol. The van der Waals surface area contributed by atoms with Gasteiger partial charge in [0, 0.05) is 36.7 Å². The second-order valence-electron chi connectivity index (χ2n) is 6.87. The van der Waals surface area contributed by atoms with E-state index in [0.29, 0.717) is 24.5 Å². The SMILES string of the molecule is CCCn1nc(C(=O)CC)nc1Cc1ccc(-c2ncccc2-c2nnn[nH]2)cc1. The third kappa shape index (κ3) is 4.00. The van der Waals surface area contributed by atoms with Crippen LogP contribution in [0.5, 0.6) is 0 Å². The Labute approximate surface area is 173 Å². The summed E-state index contributed by atoms with van der Waals surface area (Å²) in [4.78, 5) is 21.0. The molecule has 152 valence electrons. The monoisotopic (exact) mass is 402 g/mol. The third-order valence-corrected chi connectivity index (χ3v) is 4.75. The Bertz CT molecular complexity index is 1130. The molecule has 0 aliphatic carbocycles. The van der Waals surface area contributed by atoms with Gasteiger partial charge in [-0.25, -0.2) is 14.8 Å². The first-order valence-corrected chi connectivity index (χ1v) is 9.95. The molecular formula is C21H22N8O. The standard InChI is InChI=1S/C21H22N8O/c1-3-12-29-18(23-21(26-29)17(30)4-2)13-14-7-9-15(10-8-14)19-16(6-5-11-22-19)20-24-27-28-25-20/h5-11H,3-4,12-13H2,1-2H3,(H,24,25,27,28). The second kappa shape index (κ2) is 8.73. The van der Waals surface area contributed by atoms with Gasteiger partial charge in [-0.3, -0.25) is 9.78 Å². The number of rotatable bonds is 8. The zero-order valence-corrected chi connectivity index (χ0v) is 16.9. The smallest absolute Gasteiger partial charge is 0.217 e. The fourth-order valence-electron chi connectivity index (χ4n) is 3.23. The van der Waals surface area contributed by atoms with Gasteiger partial charge in [0.25, 0.3) is 0 Å². The number of hydrogen-bond donors (Lipinski definition) is 1. The molecule has 0 saturated carbocycles. The first-order chi connectivity index (χ1) is 14.7. The summed E-state index contributed by atoms with van der Waals surface area (Å²) in [5.41, 5.74) is 3.67. The van der Waals surface area contributed by atoms with Crippen LogP contribution in [0, 0.1) is 0 Å². The zero-order chi connectivity index (χ0) is 20.9. The highest BCUT2D eigenvalue weighted by molar-refractivity contribution is 5.92. The predicted molar refractivity (Wildman–Crippen MR) is 111 cm³/mol. The summed E-state index contributed by atoms with van der Waals surface area (Å²) in [5, 5.41) is 18.5. The molecule has 0 unspecified atom stereocenters. The van der Waals surface area contributed by atoms with Crippen molar-refractivity contribution >= 4 is 5.78 Å². The van der Waals surface area contributed by atoms with Crippen molar-refractivity contribution in [1.82, 2.24) is 40.4 Å². The summed E-state index contributed by atoms with van der Waals surface area (Å²) in [7, 11) is 0. The van der Waals surface area contributed by atoms with Crippen molar-refractivity contribution in [2.24, 2.45) is 0 Å². The van der Waals surface area contributed by atoms with E-state index in [4.69, 9.17) is 0 Å². The highest BCUT2D eigenvalue weighted by Gasteiger charge is 2.16. The third-order valence-electron chi connectivity index (χ3n) is 4.75. The molecule has 0 aliphatic rings. The maximum atomic E-state index is 12.0. The van der Waals surface area contributed by atoms with Crippen molar-refractivity contribution in [3.63, 3.8) is 0 Å². The number of tetrazole rings is 1. The number of nitrogens with one attached hydrogen (secondary N) is 1. The van der Waals surface area contributed by atoms with Crippen molar-refractivity contribution in [2.45, 2.75) is 39.7 Å². The molecule has 3 aromatic heterocycles. The number of hydrogen-bond acceptors (Lipinski definition) is 7. The van der Waals surface area contributed by atoms with E-state index in [1.54, 1.807) is 6.20 Å². The average Bonchev–Trinajstić information content (AvgIpc) is 3.45. The van der Waals surface area contributed by atoms with Crippen molar-refractivity contribution in [3.05, 3.63) is 59.8 Å². The van der Waals surface area contributed by atoms with Crippen LogP contribution in [-0.4, -0.2) is 46.2 Å². The number of aromatic amines is 1. The number of aromatic nitrogens is 8. The van der Waals surface area contributed by atoms with E-state index in [1.165, 1.54) is 0 Å². The molecule has 0 saturated heterocycles. The molecule has 4 rings (SSSR count). The van der Waals surface area contributed by atoms with Gasteiger partial charge in [-0.1, -0.05) is 38.1 Å². The minimum atomic E-state index is -0.0361. The van der Waals surface area contributed by atoms with Gasteiger partial charge in [0.1, 0.15) is 5.82 Å². The Balaban J connectivity index is 1.60. The number of carbonyl (C=O) groups is 1. The quantitative estimate of drug-likeness (QED) is 0.450. The molecule has 9 heteroatoms. The molecule has 1 N–H and O–H groups in total. The van der Waals surface area contributed by atoms with Crippen LogP contribution in [-0.2, 0) is 13.0 Å². The summed E-state index contributed by atoms with van der Waals surface area (Å²) in [6.45, 7) is 4.64. The Morgan fingerprint density at radius 1 is 1.13 bits per heavy atom. The Morgan fingerprint density at radius 2 is 1.97 bits per heavy atom. The predicted octanol–water partition coefficient (Wildman–Crippen LogP) is 3.11. The van der Waals surface area contributed by atoms with Crippen LogP contribution in [0.1, 0.15) is 48.7 Å². The first kappa shape index (κ1) is 19.6. The molecule has 0 fully saturated rings. The van der Waals surface area contributed by atoms with E-state index in [9.17, 15) is 4.79 Å². The lowest BCUT2D eigenvalue weighted by molar-refractivity contribution is 0.0978. The molecule has 3 heterocycles. The minimum Gasteiger partial charge on any atom is -0.291 e. The van der Waals surface area contributed by atoms with Crippen LogP contribution in [0.3, 0.4) is 0 Å². The molecule has 0 atom stereocenters. The van der Waals surface area contributed by atoms with Crippen LogP contribution in [0.2, 0.25) is 0 Å². The Kier molecular flexibility index (Phi) is 5.69. The normalized spacial score (nSPS) is 11.0. The molecule has 1 aromatic carbocycles. The summed E-state index contributed by atoms with van der Waals surface area (Å²) in [5.74, 6) is 1.64. The maximum absolute atomic E-state index is 12.0. The topological polar surface area (TPSA) is 115 Å². The molecule has 9 nitrogen and oxygen atoms in total. The van der Waals surface area contributed by atoms with Crippen molar-refractivity contribution < 1.29 is 4.79 Å². The number of ketones is 1. The van der Waals surface area contributed by atoms with Crippen molar-refractivity contribution in [3.8, 4) is 22.6 Å². The molecule has 0 spiro atoms. The van der Waals surface area contributed by atoms with Gasteiger partial charge < -0.3 is 0 Å². The van der Waals surface area contributed by atoms with Gasteiger partial charge in [-0.05, 0) is 34.5 Å². The summed E-state index contributed by atoms with van der Waals surface area (Å²) < 4.78 is 1.84. The van der Waals surface area contributed by atoms with Gasteiger partial charge in [0.2, 0.25) is 11.6 Å². The van der Waals surface area contributed by atoms with Gasteiger partial charge in [0.05, 0.1) is 5.69 Å². The number of H-pyrrole nitrogens is 1. The number of carbonyl (C=O) groups excluding carboxylic acids is 1. The highest BCUT2D eigenvalue weighted by Crippen LogP contribution is 2.27. The molecular weight excluding hydrogens is 380 g/mol. The first-order valence-electron chi connectivity index (χ1n) is 9.95. The summed E-state index contributed by atoms with van der Waals surface area (Å²) in [6, 6.07) is 11.9. The van der Waals surface area contributed by atoms with Crippen LogP contribution < -0.4 is 0 Å². The van der Waals surface area contributed by atoms with E-state index in [-0.39, 0.29) is 5.78 Å². The number of Topliss-reactive ketones (excluding diaryl/α,β-unsaturated/α-hetero) is 1. The van der Waals surface area contributed by atoms with E-state index in [0.717, 1.165) is 41.2 Å². The molecule has 0 amide bonds. The highest BCUT2D eigenvalue weighted by atomic mass is 16.1. The molecule has 0 aliphatic heterocycles. The number of nitrogens with zero attached hydrogens (tertiary/aromatic N) is 7. The van der Waals surface area contributed by atoms with Gasteiger partial charge in [0.15, 0.2) is 5.82 Å². The molecule has 0 radical (unpaired) electrons.